The summed E-state index contributed by atoms with van der Waals surface area (Å²) in [7, 11) is 0. The van der Waals surface area contributed by atoms with E-state index >= 15 is 0 Å². The van der Waals surface area contributed by atoms with E-state index in [-0.39, 0.29) is 5.91 Å². The minimum Gasteiger partial charge on any atom is -0.287 e. The van der Waals surface area contributed by atoms with Crippen molar-refractivity contribution in [3.8, 4) is 0 Å². The lowest BCUT2D eigenvalue weighted by Crippen LogP contribution is -2.46. The molecule has 3 heteroatoms. The maximum Gasteiger partial charge on any atom is 0.265 e. The van der Waals surface area contributed by atoms with Crippen LogP contribution in [-0.2, 0) is 6.42 Å². The topological polar surface area (TPSA) is 41.1 Å². The molecule has 2 aromatic rings. The van der Waals surface area contributed by atoms with Gasteiger partial charge in [-0.25, -0.2) is 5.43 Å². The molecule has 2 atom stereocenters. The van der Waals surface area contributed by atoms with E-state index in [2.05, 4.69) is 35.1 Å². The van der Waals surface area contributed by atoms with Crippen LogP contribution in [-0.4, -0.2) is 11.9 Å². The van der Waals surface area contributed by atoms with Gasteiger partial charge in [0.1, 0.15) is 0 Å². The van der Waals surface area contributed by atoms with Crippen LogP contribution in [0.2, 0.25) is 0 Å². The molecule has 1 fully saturated rings. The highest BCUT2D eigenvalue weighted by Gasteiger charge is 2.27. The molecule has 114 valence electrons. The zero-order valence-corrected chi connectivity index (χ0v) is 12.7. The molecule has 0 spiro atoms. The molecule has 22 heavy (non-hydrogen) atoms. The Morgan fingerprint density at radius 2 is 1.64 bits per heavy atom. The lowest BCUT2D eigenvalue weighted by molar-refractivity contribution is 0.0920. The zero-order chi connectivity index (χ0) is 15.2. The smallest absolute Gasteiger partial charge is 0.265 e. The second-order valence-corrected chi connectivity index (χ2v) is 5.95. The Balaban J connectivity index is 1.54. The Labute approximate surface area is 131 Å². The molecule has 1 amide bonds. The van der Waals surface area contributed by atoms with Gasteiger partial charge in [0.2, 0.25) is 0 Å². The Hall–Kier alpha value is -2.13. The number of amides is 1. The molecule has 3 nitrogen and oxygen atoms in total. The van der Waals surface area contributed by atoms with Crippen LogP contribution in [0.3, 0.4) is 0 Å². The molecule has 1 saturated carbocycles. The molecule has 3 rings (SSSR count). The van der Waals surface area contributed by atoms with Gasteiger partial charge in [0.25, 0.3) is 5.91 Å². The Kier molecular flexibility index (Phi) is 4.86. The number of carbonyl (C=O) groups excluding carboxylic acids is 1. The van der Waals surface area contributed by atoms with Crippen LogP contribution in [0.4, 0.5) is 0 Å². The van der Waals surface area contributed by atoms with Crippen LogP contribution in [0.15, 0.2) is 60.7 Å². The molecular formula is C19H22N2O. The second kappa shape index (κ2) is 7.23. The van der Waals surface area contributed by atoms with E-state index < -0.39 is 0 Å². The first kappa shape index (κ1) is 14.8. The second-order valence-electron chi connectivity index (χ2n) is 5.95. The number of carbonyl (C=O) groups is 1. The predicted octanol–water partition coefficient (Wildman–Crippen LogP) is 3.33. The van der Waals surface area contributed by atoms with Crippen LogP contribution in [0, 0.1) is 5.92 Å². The number of hydrogen-bond acceptors (Lipinski definition) is 2. The van der Waals surface area contributed by atoms with E-state index in [1.807, 2.05) is 36.4 Å². The molecule has 0 bridgehead atoms. The first-order chi connectivity index (χ1) is 10.8. The fraction of sp³-hybridized carbons (Fsp3) is 0.316. The first-order valence-electron chi connectivity index (χ1n) is 7.98. The standard InChI is InChI=1S/C19H22N2O/c22-19(16-10-5-2-6-11-16)21-20-18-13-7-12-17(18)14-15-8-3-1-4-9-15/h1-6,8-11,17-18,20H,7,12-14H2,(H,21,22)/t17-,18+/m1/s1. The van der Waals surface area contributed by atoms with Crippen LogP contribution in [0.1, 0.15) is 35.2 Å². The largest absolute Gasteiger partial charge is 0.287 e. The minimum absolute atomic E-state index is 0.0639. The summed E-state index contributed by atoms with van der Waals surface area (Å²) in [6.45, 7) is 0. The molecule has 0 heterocycles. The molecule has 0 saturated heterocycles. The Bertz CT molecular complexity index is 597. The van der Waals surface area contributed by atoms with Gasteiger partial charge in [-0.3, -0.25) is 10.2 Å². The molecule has 1 aliphatic rings. The van der Waals surface area contributed by atoms with Crippen molar-refractivity contribution < 1.29 is 4.79 Å². The molecule has 2 N–H and O–H groups in total. The molecule has 2 aromatic carbocycles. The summed E-state index contributed by atoms with van der Waals surface area (Å²) in [5.74, 6) is 0.518. The fourth-order valence-electron chi connectivity index (χ4n) is 3.21. The van der Waals surface area contributed by atoms with Crippen molar-refractivity contribution in [1.82, 2.24) is 10.9 Å². The number of hydrogen-bond donors (Lipinski definition) is 2. The number of benzene rings is 2. The molecular weight excluding hydrogens is 272 g/mol. The van der Waals surface area contributed by atoms with Gasteiger partial charge in [0.15, 0.2) is 0 Å². The van der Waals surface area contributed by atoms with Gasteiger partial charge in [-0.2, -0.15) is 0 Å². The van der Waals surface area contributed by atoms with Crippen molar-refractivity contribution in [3.63, 3.8) is 0 Å². The summed E-state index contributed by atoms with van der Waals surface area (Å²) in [6.07, 6.45) is 4.62. The third kappa shape index (κ3) is 3.74. The normalized spacial score (nSPS) is 20.7. The van der Waals surface area contributed by atoms with Gasteiger partial charge in [0, 0.05) is 11.6 Å². The summed E-state index contributed by atoms with van der Waals surface area (Å²) in [5, 5.41) is 0. The van der Waals surface area contributed by atoms with Crippen LogP contribution in [0.5, 0.6) is 0 Å². The summed E-state index contributed by atoms with van der Waals surface area (Å²) >= 11 is 0. The minimum atomic E-state index is -0.0639. The fourth-order valence-corrected chi connectivity index (χ4v) is 3.21. The summed E-state index contributed by atoms with van der Waals surface area (Å²) in [6, 6.07) is 20.3. The van der Waals surface area contributed by atoms with E-state index in [9.17, 15) is 4.79 Å². The Morgan fingerprint density at radius 3 is 2.36 bits per heavy atom. The zero-order valence-electron chi connectivity index (χ0n) is 12.7. The quantitative estimate of drug-likeness (QED) is 0.831. The van der Waals surface area contributed by atoms with Crippen molar-refractivity contribution in [3.05, 3.63) is 71.8 Å². The predicted molar refractivity (Wildman–Crippen MR) is 88.3 cm³/mol. The SMILES string of the molecule is O=C(NN[C@H]1CCC[C@@H]1Cc1ccccc1)c1ccccc1. The summed E-state index contributed by atoms with van der Waals surface area (Å²) in [4.78, 5) is 12.1. The van der Waals surface area contributed by atoms with E-state index in [0.29, 0.717) is 17.5 Å². The Morgan fingerprint density at radius 1 is 0.955 bits per heavy atom. The average Bonchev–Trinajstić information content (AvgIpc) is 3.01. The highest BCUT2D eigenvalue weighted by molar-refractivity contribution is 5.93. The van der Waals surface area contributed by atoms with Gasteiger partial charge in [-0.1, -0.05) is 55.0 Å². The number of rotatable bonds is 5. The third-order valence-corrected chi connectivity index (χ3v) is 4.41. The van der Waals surface area contributed by atoms with Crippen molar-refractivity contribution in [2.45, 2.75) is 31.7 Å². The van der Waals surface area contributed by atoms with Crippen LogP contribution < -0.4 is 10.9 Å². The highest BCUT2D eigenvalue weighted by atomic mass is 16.2. The van der Waals surface area contributed by atoms with Gasteiger partial charge >= 0.3 is 0 Å². The van der Waals surface area contributed by atoms with E-state index in [1.54, 1.807) is 0 Å². The molecule has 0 aromatic heterocycles. The maximum atomic E-state index is 12.1. The van der Waals surface area contributed by atoms with Gasteiger partial charge in [-0.05, 0) is 42.9 Å². The molecule has 0 unspecified atom stereocenters. The molecule has 0 aliphatic heterocycles. The van der Waals surface area contributed by atoms with E-state index in [4.69, 9.17) is 0 Å². The molecule has 0 radical (unpaired) electrons. The van der Waals surface area contributed by atoms with Gasteiger partial charge < -0.3 is 0 Å². The monoisotopic (exact) mass is 294 g/mol. The maximum absolute atomic E-state index is 12.1. The lowest BCUT2D eigenvalue weighted by Gasteiger charge is -2.21. The van der Waals surface area contributed by atoms with E-state index in [1.165, 1.54) is 18.4 Å². The first-order valence-corrected chi connectivity index (χ1v) is 7.98. The summed E-state index contributed by atoms with van der Waals surface area (Å²) in [5.41, 5.74) is 8.18. The van der Waals surface area contributed by atoms with Gasteiger partial charge in [-0.15, -0.1) is 0 Å². The van der Waals surface area contributed by atoms with Crippen LogP contribution in [0.25, 0.3) is 0 Å². The average molecular weight is 294 g/mol. The highest BCUT2D eigenvalue weighted by Crippen LogP contribution is 2.28. The van der Waals surface area contributed by atoms with Gasteiger partial charge in [0.05, 0.1) is 0 Å². The van der Waals surface area contributed by atoms with Crippen molar-refractivity contribution in [1.29, 1.82) is 0 Å². The van der Waals surface area contributed by atoms with E-state index in [0.717, 1.165) is 12.8 Å². The third-order valence-electron chi connectivity index (χ3n) is 4.41. The van der Waals surface area contributed by atoms with Crippen molar-refractivity contribution >= 4 is 5.91 Å². The lowest BCUT2D eigenvalue weighted by atomic mass is 9.95. The summed E-state index contributed by atoms with van der Waals surface area (Å²) < 4.78 is 0. The number of nitrogens with one attached hydrogen (secondary N) is 2. The molecule has 1 aliphatic carbocycles. The van der Waals surface area contributed by atoms with Crippen LogP contribution >= 0.6 is 0 Å². The van der Waals surface area contributed by atoms with Crippen molar-refractivity contribution in [2.75, 3.05) is 0 Å². The van der Waals surface area contributed by atoms with Crippen molar-refractivity contribution in [2.24, 2.45) is 5.92 Å². The number of hydrazine groups is 1.